The zero-order chi connectivity index (χ0) is 13.8. The molecule has 1 aromatic rings. The Labute approximate surface area is 115 Å². The van der Waals surface area contributed by atoms with E-state index in [1.54, 1.807) is 0 Å². The Kier molecular flexibility index (Phi) is 4.36. The molecule has 0 bridgehead atoms. The van der Waals surface area contributed by atoms with Crippen LogP contribution in [0, 0.1) is 31.1 Å². The first-order chi connectivity index (χ1) is 9.11. The first-order valence-electron chi connectivity index (χ1n) is 7.12. The number of nitrogens with one attached hydrogen (secondary N) is 1. The highest BCUT2D eigenvalue weighted by atomic mass is 15.2. The van der Waals surface area contributed by atoms with Gasteiger partial charge in [-0.15, -0.1) is 5.10 Å². The van der Waals surface area contributed by atoms with E-state index >= 15 is 0 Å². The van der Waals surface area contributed by atoms with Crippen LogP contribution in [0.25, 0.3) is 0 Å². The lowest BCUT2D eigenvalue weighted by Gasteiger charge is -2.18. The number of hydrogen-bond donors (Lipinski definition) is 1. The average Bonchev–Trinajstić information content (AvgIpc) is 2.59. The van der Waals surface area contributed by atoms with Crippen molar-refractivity contribution in [1.82, 2.24) is 10.2 Å². The van der Waals surface area contributed by atoms with Gasteiger partial charge in [0.2, 0.25) is 0 Å². The number of nitriles is 1. The molecule has 19 heavy (non-hydrogen) atoms. The summed E-state index contributed by atoms with van der Waals surface area (Å²) in [6.07, 6.45) is 6.11. The molecule has 0 radical (unpaired) electrons. The normalized spacial score (nSPS) is 23.5. The summed E-state index contributed by atoms with van der Waals surface area (Å²) < 4.78 is 0. The Balaban J connectivity index is 2.15. The van der Waals surface area contributed by atoms with Crippen LogP contribution in [0.2, 0.25) is 0 Å². The second kappa shape index (κ2) is 6.01. The van der Waals surface area contributed by atoms with E-state index in [1.807, 2.05) is 13.8 Å². The maximum Gasteiger partial charge on any atom is 0.167 e. The monoisotopic (exact) mass is 258 g/mol. The Hall–Kier alpha value is -1.63. The summed E-state index contributed by atoms with van der Waals surface area (Å²) >= 11 is 0. The van der Waals surface area contributed by atoms with Crippen molar-refractivity contribution in [3.63, 3.8) is 0 Å². The van der Waals surface area contributed by atoms with E-state index in [0.29, 0.717) is 17.4 Å². The fraction of sp³-hybridized carbons (Fsp3) is 0.667. The molecule has 0 aliphatic heterocycles. The van der Waals surface area contributed by atoms with Crippen molar-refractivity contribution in [3.05, 3.63) is 16.8 Å². The van der Waals surface area contributed by atoms with Crippen molar-refractivity contribution in [3.8, 4) is 6.07 Å². The number of rotatable bonds is 2. The van der Waals surface area contributed by atoms with Crippen LogP contribution in [-0.4, -0.2) is 16.2 Å². The van der Waals surface area contributed by atoms with Gasteiger partial charge in [0.05, 0.1) is 5.69 Å². The van der Waals surface area contributed by atoms with Crippen LogP contribution in [0.4, 0.5) is 5.82 Å². The first-order valence-corrected chi connectivity index (χ1v) is 7.12. The average molecular weight is 258 g/mol. The molecule has 2 atom stereocenters. The van der Waals surface area contributed by atoms with Crippen LogP contribution in [0.3, 0.4) is 0 Å². The third-order valence-electron chi connectivity index (χ3n) is 4.16. The van der Waals surface area contributed by atoms with Gasteiger partial charge in [-0.25, -0.2) is 0 Å². The van der Waals surface area contributed by atoms with Crippen molar-refractivity contribution in [2.24, 2.45) is 5.92 Å². The van der Waals surface area contributed by atoms with Gasteiger partial charge in [0.1, 0.15) is 11.6 Å². The summed E-state index contributed by atoms with van der Waals surface area (Å²) in [4.78, 5) is 0. The third-order valence-corrected chi connectivity index (χ3v) is 4.16. The molecule has 1 aliphatic carbocycles. The summed E-state index contributed by atoms with van der Waals surface area (Å²) in [5.41, 5.74) is 2.41. The minimum absolute atomic E-state index is 0.424. The number of aryl methyl sites for hydroxylation is 1. The Morgan fingerprint density at radius 2 is 1.95 bits per heavy atom. The van der Waals surface area contributed by atoms with Crippen molar-refractivity contribution in [1.29, 1.82) is 5.26 Å². The molecule has 1 aromatic heterocycles. The van der Waals surface area contributed by atoms with E-state index in [2.05, 4.69) is 28.5 Å². The van der Waals surface area contributed by atoms with Crippen LogP contribution >= 0.6 is 0 Å². The van der Waals surface area contributed by atoms with E-state index in [9.17, 15) is 5.26 Å². The van der Waals surface area contributed by atoms with Gasteiger partial charge in [0, 0.05) is 6.04 Å². The summed E-state index contributed by atoms with van der Waals surface area (Å²) in [5, 5.41) is 21.0. The zero-order valence-electron chi connectivity index (χ0n) is 12.0. The molecule has 102 valence electrons. The second-order valence-electron chi connectivity index (χ2n) is 5.70. The van der Waals surface area contributed by atoms with Crippen molar-refractivity contribution < 1.29 is 0 Å². The van der Waals surface area contributed by atoms with Crippen molar-refractivity contribution in [2.45, 2.75) is 58.9 Å². The Bertz CT molecular complexity index is 490. The molecule has 1 N–H and O–H groups in total. The van der Waals surface area contributed by atoms with Crippen LogP contribution < -0.4 is 5.32 Å². The molecule has 1 aliphatic rings. The summed E-state index contributed by atoms with van der Waals surface area (Å²) in [5.74, 6) is 1.47. The van der Waals surface area contributed by atoms with Gasteiger partial charge in [-0.1, -0.05) is 19.8 Å². The summed E-state index contributed by atoms with van der Waals surface area (Å²) in [6, 6.07) is 2.68. The summed E-state index contributed by atoms with van der Waals surface area (Å²) in [7, 11) is 0. The van der Waals surface area contributed by atoms with Crippen molar-refractivity contribution in [2.75, 3.05) is 5.32 Å². The number of nitrogens with zero attached hydrogens (tertiary/aromatic N) is 3. The van der Waals surface area contributed by atoms with E-state index in [1.165, 1.54) is 19.3 Å². The van der Waals surface area contributed by atoms with Gasteiger partial charge >= 0.3 is 0 Å². The SMILES string of the molecule is Cc1nnc(NC2CCCC(C)CC2)c(C#N)c1C. The Morgan fingerprint density at radius 1 is 1.16 bits per heavy atom. The molecule has 2 rings (SSSR count). The van der Waals surface area contributed by atoms with E-state index in [-0.39, 0.29) is 0 Å². The third kappa shape index (κ3) is 3.23. The number of hydrogen-bond acceptors (Lipinski definition) is 4. The highest BCUT2D eigenvalue weighted by Crippen LogP contribution is 2.26. The minimum Gasteiger partial charge on any atom is -0.365 e. The molecule has 1 fully saturated rings. The standard InChI is InChI=1S/C15H22N4/c1-10-5-4-6-13(8-7-10)17-15-14(9-16)11(2)12(3)18-19-15/h10,13H,4-8H2,1-3H3,(H,17,19). The lowest BCUT2D eigenvalue weighted by Crippen LogP contribution is -2.21. The summed E-state index contributed by atoms with van der Waals surface area (Å²) in [6.45, 7) is 6.14. The van der Waals surface area contributed by atoms with Crippen LogP contribution in [0.15, 0.2) is 0 Å². The number of aromatic nitrogens is 2. The molecule has 2 unspecified atom stereocenters. The smallest absolute Gasteiger partial charge is 0.167 e. The topological polar surface area (TPSA) is 61.6 Å². The fourth-order valence-electron chi connectivity index (χ4n) is 2.67. The van der Waals surface area contributed by atoms with E-state index in [4.69, 9.17) is 0 Å². The highest BCUT2D eigenvalue weighted by Gasteiger charge is 2.19. The molecule has 4 nitrogen and oxygen atoms in total. The predicted octanol–water partition coefficient (Wildman–Crippen LogP) is 3.35. The molecule has 0 aromatic carbocycles. The molecule has 0 saturated heterocycles. The van der Waals surface area contributed by atoms with Gasteiger partial charge in [-0.2, -0.15) is 10.4 Å². The highest BCUT2D eigenvalue weighted by molar-refractivity contribution is 5.56. The van der Waals surface area contributed by atoms with Crippen LogP contribution in [-0.2, 0) is 0 Å². The molecule has 0 amide bonds. The van der Waals surface area contributed by atoms with Crippen LogP contribution in [0.1, 0.15) is 55.8 Å². The van der Waals surface area contributed by atoms with Gasteiger partial charge < -0.3 is 5.32 Å². The zero-order valence-corrected chi connectivity index (χ0v) is 12.0. The second-order valence-corrected chi connectivity index (χ2v) is 5.70. The first kappa shape index (κ1) is 13.8. The molecule has 1 heterocycles. The minimum atomic E-state index is 0.424. The van der Waals surface area contributed by atoms with Gasteiger partial charge in [0.15, 0.2) is 5.82 Å². The van der Waals surface area contributed by atoms with Gasteiger partial charge in [0.25, 0.3) is 0 Å². The molecular formula is C15H22N4. The predicted molar refractivity (Wildman–Crippen MR) is 75.9 cm³/mol. The van der Waals surface area contributed by atoms with Crippen molar-refractivity contribution >= 4 is 5.82 Å². The lowest BCUT2D eigenvalue weighted by molar-refractivity contribution is 0.501. The lowest BCUT2D eigenvalue weighted by atomic mass is 10.0. The molecule has 4 heteroatoms. The van der Waals surface area contributed by atoms with E-state index < -0.39 is 0 Å². The molecular weight excluding hydrogens is 236 g/mol. The maximum absolute atomic E-state index is 9.29. The van der Waals surface area contributed by atoms with Crippen LogP contribution in [0.5, 0.6) is 0 Å². The van der Waals surface area contributed by atoms with Gasteiger partial charge in [-0.3, -0.25) is 0 Å². The maximum atomic E-state index is 9.29. The fourth-order valence-corrected chi connectivity index (χ4v) is 2.67. The quantitative estimate of drug-likeness (QED) is 0.826. The largest absolute Gasteiger partial charge is 0.365 e. The molecule has 1 saturated carbocycles. The van der Waals surface area contributed by atoms with E-state index in [0.717, 1.165) is 30.0 Å². The number of anilines is 1. The Morgan fingerprint density at radius 3 is 2.68 bits per heavy atom. The van der Waals surface area contributed by atoms with Gasteiger partial charge in [-0.05, 0) is 44.6 Å². The molecule has 0 spiro atoms.